The van der Waals surface area contributed by atoms with Gasteiger partial charge in [0.1, 0.15) is 0 Å². The minimum atomic E-state index is 0.322. The molecule has 2 heteroatoms. The summed E-state index contributed by atoms with van der Waals surface area (Å²) in [5.74, 6) is 0.375. The SMILES string of the molecule is CC(C(CCc1ccc2ccccc2c1)c1ccc(Cl)cc1)N(C)c1ccc2ccccc2c1. The summed E-state index contributed by atoms with van der Waals surface area (Å²) in [5.41, 5.74) is 3.97. The van der Waals surface area contributed by atoms with Crippen LogP contribution in [-0.2, 0) is 6.42 Å². The van der Waals surface area contributed by atoms with Gasteiger partial charge in [-0.2, -0.15) is 0 Å². The molecule has 5 rings (SSSR count). The van der Waals surface area contributed by atoms with Crippen molar-refractivity contribution in [3.8, 4) is 0 Å². The van der Waals surface area contributed by atoms with Crippen molar-refractivity contribution in [1.82, 2.24) is 0 Å². The van der Waals surface area contributed by atoms with Crippen LogP contribution in [0.5, 0.6) is 0 Å². The van der Waals surface area contributed by atoms with Crippen LogP contribution < -0.4 is 4.90 Å². The lowest BCUT2D eigenvalue weighted by molar-refractivity contribution is 0.510. The van der Waals surface area contributed by atoms with Gasteiger partial charge in [-0.05, 0) is 76.7 Å². The predicted molar refractivity (Wildman–Crippen MR) is 148 cm³/mol. The van der Waals surface area contributed by atoms with E-state index < -0.39 is 0 Å². The Morgan fingerprint density at radius 2 is 1.26 bits per heavy atom. The quantitative estimate of drug-likeness (QED) is 0.233. The summed E-state index contributed by atoms with van der Waals surface area (Å²) in [4.78, 5) is 2.42. The van der Waals surface area contributed by atoms with E-state index in [2.05, 4.69) is 116 Å². The second-order valence-electron chi connectivity index (χ2n) is 9.26. The molecular formula is C32H30ClN. The number of hydrogen-bond acceptors (Lipinski definition) is 1. The van der Waals surface area contributed by atoms with Gasteiger partial charge < -0.3 is 4.90 Å². The zero-order valence-electron chi connectivity index (χ0n) is 19.8. The first-order valence-corrected chi connectivity index (χ1v) is 12.4. The molecular weight excluding hydrogens is 434 g/mol. The highest BCUT2D eigenvalue weighted by atomic mass is 35.5. The lowest BCUT2D eigenvalue weighted by Crippen LogP contribution is -2.34. The second kappa shape index (κ2) is 9.91. The van der Waals surface area contributed by atoms with E-state index in [1.54, 1.807) is 0 Å². The van der Waals surface area contributed by atoms with E-state index in [4.69, 9.17) is 11.6 Å². The van der Waals surface area contributed by atoms with E-state index in [1.165, 1.54) is 38.4 Å². The zero-order chi connectivity index (χ0) is 23.5. The normalized spacial score (nSPS) is 13.1. The van der Waals surface area contributed by atoms with Crippen LogP contribution in [0.3, 0.4) is 0 Å². The third-order valence-electron chi connectivity index (χ3n) is 7.19. The molecule has 0 bridgehead atoms. The number of rotatable bonds is 7. The Balaban J connectivity index is 1.42. The molecule has 0 aromatic heterocycles. The number of likely N-dealkylation sites (N-methyl/N-ethyl adjacent to an activating group) is 1. The fraction of sp³-hybridized carbons (Fsp3) is 0.188. The number of hydrogen-bond donors (Lipinski definition) is 0. The molecule has 5 aromatic carbocycles. The average Bonchev–Trinajstić information content (AvgIpc) is 2.88. The van der Waals surface area contributed by atoms with Crippen LogP contribution in [0.4, 0.5) is 5.69 Å². The second-order valence-corrected chi connectivity index (χ2v) is 9.70. The van der Waals surface area contributed by atoms with Crippen molar-refractivity contribution in [2.45, 2.75) is 31.7 Å². The summed E-state index contributed by atoms with van der Waals surface area (Å²) in [6.07, 6.45) is 2.10. The standard InChI is InChI=1S/C32H30ClN/c1-23(34(2)31-19-16-26-8-4-6-10-29(26)22-31)32(27-14-17-30(33)18-15-27)20-12-24-11-13-25-7-3-5-9-28(25)21-24/h3-11,13-19,21-23,32H,12,20H2,1-2H3. The Morgan fingerprint density at radius 1 is 0.676 bits per heavy atom. The monoisotopic (exact) mass is 463 g/mol. The van der Waals surface area contributed by atoms with Gasteiger partial charge in [0.15, 0.2) is 0 Å². The van der Waals surface area contributed by atoms with Crippen LogP contribution in [0, 0.1) is 0 Å². The third-order valence-corrected chi connectivity index (χ3v) is 7.44. The average molecular weight is 464 g/mol. The number of aryl methyl sites for hydroxylation is 1. The van der Waals surface area contributed by atoms with Gasteiger partial charge >= 0.3 is 0 Å². The number of nitrogens with zero attached hydrogens (tertiary/aromatic N) is 1. The first-order valence-electron chi connectivity index (χ1n) is 12.0. The molecule has 2 unspecified atom stereocenters. The maximum Gasteiger partial charge on any atom is 0.0406 e. The van der Waals surface area contributed by atoms with Crippen LogP contribution in [-0.4, -0.2) is 13.1 Å². The van der Waals surface area contributed by atoms with Gasteiger partial charge in [-0.3, -0.25) is 0 Å². The molecule has 0 amide bonds. The number of benzene rings is 5. The Kier molecular flexibility index (Phi) is 6.56. The van der Waals surface area contributed by atoms with Crippen molar-refractivity contribution < 1.29 is 0 Å². The summed E-state index contributed by atoms with van der Waals surface area (Å²) >= 11 is 6.23. The molecule has 0 N–H and O–H groups in total. The fourth-order valence-corrected chi connectivity index (χ4v) is 5.14. The molecule has 170 valence electrons. The maximum absolute atomic E-state index is 6.23. The predicted octanol–water partition coefficient (Wildman–Crippen LogP) is 8.89. The molecule has 1 nitrogen and oxygen atoms in total. The molecule has 0 aliphatic carbocycles. The first kappa shape index (κ1) is 22.5. The highest BCUT2D eigenvalue weighted by Crippen LogP contribution is 2.33. The van der Waals surface area contributed by atoms with Gasteiger partial charge in [0.25, 0.3) is 0 Å². The van der Waals surface area contributed by atoms with Gasteiger partial charge in [0.05, 0.1) is 0 Å². The van der Waals surface area contributed by atoms with E-state index in [0.717, 1.165) is 17.9 Å². The van der Waals surface area contributed by atoms with Crippen LogP contribution in [0.2, 0.25) is 5.02 Å². The van der Waals surface area contributed by atoms with Crippen LogP contribution in [0.15, 0.2) is 109 Å². The van der Waals surface area contributed by atoms with Gasteiger partial charge in [0.2, 0.25) is 0 Å². The molecule has 0 spiro atoms. The van der Waals surface area contributed by atoms with Gasteiger partial charge in [-0.1, -0.05) is 96.5 Å². The molecule has 0 aliphatic heterocycles. The molecule has 0 heterocycles. The Bertz CT molecular complexity index is 1410. The highest BCUT2D eigenvalue weighted by molar-refractivity contribution is 6.30. The van der Waals surface area contributed by atoms with E-state index in [1.807, 2.05) is 12.1 Å². The summed E-state index contributed by atoms with van der Waals surface area (Å²) in [6, 6.07) is 39.5. The Labute approximate surface area is 207 Å². The molecule has 0 aliphatic rings. The molecule has 2 atom stereocenters. The minimum Gasteiger partial charge on any atom is -0.371 e. The molecule has 0 saturated heterocycles. The number of fused-ring (bicyclic) bond motifs is 2. The number of halogens is 1. The van der Waals surface area contributed by atoms with Crippen molar-refractivity contribution in [1.29, 1.82) is 0 Å². The smallest absolute Gasteiger partial charge is 0.0406 e. The zero-order valence-corrected chi connectivity index (χ0v) is 20.5. The first-order chi connectivity index (χ1) is 16.6. The highest BCUT2D eigenvalue weighted by Gasteiger charge is 2.23. The van der Waals surface area contributed by atoms with E-state index in [0.29, 0.717) is 12.0 Å². The lowest BCUT2D eigenvalue weighted by Gasteiger charge is -2.34. The molecule has 0 saturated carbocycles. The van der Waals surface area contributed by atoms with Crippen molar-refractivity contribution in [2.24, 2.45) is 0 Å². The molecule has 34 heavy (non-hydrogen) atoms. The van der Waals surface area contributed by atoms with Crippen molar-refractivity contribution in [3.05, 3.63) is 125 Å². The summed E-state index contributed by atoms with van der Waals surface area (Å²) in [7, 11) is 2.22. The van der Waals surface area contributed by atoms with Crippen LogP contribution in [0.25, 0.3) is 21.5 Å². The van der Waals surface area contributed by atoms with Crippen molar-refractivity contribution in [3.63, 3.8) is 0 Å². The largest absolute Gasteiger partial charge is 0.371 e. The van der Waals surface area contributed by atoms with Crippen molar-refractivity contribution >= 4 is 38.8 Å². The lowest BCUT2D eigenvalue weighted by atomic mass is 9.86. The van der Waals surface area contributed by atoms with Gasteiger partial charge in [0, 0.05) is 29.7 Å². The topological polar surface area (TPSA) is 3.24 Å². The van der Waals surface area contributed by atoms with Crippen molar-refractivity contribution in [2.75, 3.05) is 11.9 Å². The van der Waals surface area contributed by atoms with Gasteiger partial charge in [-0.15, -0.1) is 0 Å². The third kappa shape index (κ3) is 4.81. The summed E-state index contributed by atoms with van der Waals surface area (Å²) in [5, 5.41) is 5.94. The Hall–Kier alpha value is -3.29. The summed E-state index contributed by atoms with van der Waals surface area (Å²) < 4.78 is 0. The van der Waals surface area contributed by atoms with E-state index in [9.17, 15) is 0 Å². The number of anilines is 1. The van der Waals surface area contributed by atoms with E-state index in [-0.39, 0.29) is 0 Å². The summed E-state index contributed by atoms with van der Waals surface area (Å²) in [6.45, 7) is 2.34. The van der Waals surface area contributed by atoms with Crippen LogP contribution >= 0.6 is 11.6 Å². The molecule has 0 fully saturated rings. The molecule has 5 aromatic rings. The van der Waals surface area contributed by atoms with E-state index >= 15 is 0 Å². The van der Waals surface area contributed by atoms with Gasteiger partial charge in [-0.25, -0.2) is 0 Å². The molecule has 0 radical (unpaired) electrons. The fourth-order valence-electron chi connectivity index (χ4n) is 5.01. The Morgan fingerprint density at radius 3 is 1.94 bits per heavy atom. The minimum absolute atomic E-state index is 0.322. The van der Waals surface area contributed by atoms with Crippen LogP contribution in [0.1, 0.15) is 30.4 Å². The maximum atomic E-state index is 6.23.